The van der Waals surface area contributed by atoms with Gasteiger partial charge in [0.1, 0.15) is 5.75 Å². The lowest BCUT2D eigenvalue weighted by Gasteiger charge is -2.46. The summed E-state index contributed by atoms with van der Waals surface area (Å²) in [4.78, 5) is 31.4. The van der Waals surface area contributed by atoms with Crippen LogP contribution < -0.4 is 14.2 Å². The number of nitrogens with zero attached hydrogens (tertiary/aromatic N) is 1. The van der Waals surface area contributed by atoms with Gasteiger partial charge in [-0.05, 0) is 128 Å². The Morgan fingerprint density at radius 1 is 0.902 bits per heavy atom. The van der Waals surface area contributed by atoms with Crippen LogP contribution in [0.25, 0.3) is 10.1 Å². The number of aliphatic hydroxyl groups is 2. The number of thiophene rings is 1. The zero-order chi connectivity index (χ0) is 43.5. The Hall–Kier alpha value is -5.17. The summed E-state index contributed by atoms with van der Waals surface area (Å²) in [6.45, 7) is 4.05. The molecule has 5 aromatic rings. The summed E-state index contributed by atoms with van der Waals surface area (Å²) in [5.74, 6) is -0.129. The van der Waals surface area contributed by atoms with Crippen molar-refractivity contribution in [1.29, 1.82) is 0 Å². The summed E-state index contributed by atoms with van der Waals surface area (Å²) in [5, 5.41) is 25.3. The number of alkyl halides is 3. The van der Waals surface area contributed by atoms with Gasteiger partial charge in [0.05, 0.1) is 43.8 Å². The molecule has 8 nitrogen and oxygen atoms in total. The Labute approximate surface area is 358 Å². The minimum atomic E-state index is -4.86. The lowest BCUT2D eigenvalue weighted by molar-refractivity contribution is -0.274. The zero-order valence-electron chi connectivity index (χ0n) is 34.9. The maximum Gasteiger partial charge on any atom is 0.573 e. The molecular weight excluding hydrogens is 804 g/mol. The fourth-order valence-electron chi connectivity index (χ4n) is 9.27. The largest absolute Gasteiger partial charge is 0.573 e. The van der Waals surface area contributed by atoms with Crippen LogP contribution in [0.15, 0.2) is 103 Å². The van der Waals surface area contributed by atoms with E-state index in [4.69, 9.17) is 9.47 Å². The molecule has 0 aliphatic heterocycles. The van der Waals surface area contributed by atoms with Gasteiger partial charge in [0.15, 0.2) is 11.5 Å². The van der Waals surface area contributed by atoms with Crippen LogP contribution in [-0.2, 0) is 24.2 Å². The van der Waals surface area contributed by atoms with Crippen molar-refractivity contribution in [2.45, 2.75) is 95.7 Å². The molecule has 0 saturated heterocycles. The smallest absolute Gasteiger partial charge is 0.493 e. The third kappa shape index (κ3) is 9.82. The summed E-state index contributed by atoms with van der Waals surface area (Å²) in [6, 6.07) is 26.3. The Bertz CT molecular complexity index is 2380. The van der Waals surface area contributed by atoms with Gasteiger partial charge in [-0.3, -0.25) is 9.59 Å². The first-order valence-corrected chi connectivity index (χ1v) is 21.5. The van der Waals surface area contributed by atoms with Gasteiger partial charge in [-0.2, -0.15) is 0 Å². The highest BCUT2D eigenvalue weighted by atomic mass is 32.1. The lowest BCUT2D eigenvalue weighted by Crippen LogP contribution is -2.53. The van der Waals surface area contributed by atoms with Gasteiger partial charge in [0.25, 0.3) is 0 Å². The molecule has 61 heavy (non-hydrogen) atoms. The van der Waals surface area contributed by atoms with Crippen LogP contribution in [0.2, 0.25) is 0 Å². The number of fused-ring (bicyclic) bond motifs is 9. The number of rotatable bonds is 11. The highest BCUT2D eigenvalue weighted by molar-refractivity contribution is 7.21. The van der Waals surface area contributed by atoms with E-state index in [0.717, 1.165) is 26.8 Å². The third-order valence-corrected chi connectivity index (χ3v) is 13.8. The van der Waals surface area contributed by atoms with Crippen LogP contribution in [0, 0.1) is 5.41 Å². The van der Waals surface area contributed by atoms with E-state index in [9.17, 15) is 33.0 Å². The van der Waals surface area contributed by atoms with Crippen molar-refractivity contribution in [3.63, 3.8) is 0 Å². The Morgan fingerprint density at radius 2 is 1.64 bits per heavy atom. The Kier molecular flexibility index (Phi) is 13.0. The van der Waals surface area contributed by atoms with Crippen LogP contribution in [0.5, 0.6) is 17.2 Å². The van der Waals surface area contributed by atoms with Crippen molar-refractivity contribution >= 4 is 33.1 Å². The van der Waals surface area contributed by atoms with Gasteiger partial charge in [-0.1, -0.05) is 67.1 Å². The molecule has 322 valence electrons. The van der Waals surface area contributed by atoms with E-state index in [0.29, 0.717) is 78.0 Å². The van der Waals surface area contributed by atoms with Gasteiger partial charge in [-0.15, -0.1) is 24.5 Å². The van der Waals surface area contributed by atoms with Crippen molar-refractivity contribution in [1.82, 2.24) is 4.90 Å². The number of carbonyl (C=O) groups is 2. The first kappa shape index (κ1) is 43.9. The number of amides is 1. The molecule has 12 heteroatoms. The van der Waals surface area contributed by atoms with Gasteiger partial charge in [-0.25, -0.2) is 0 Å². The average Bonchev–Trinajstić information content (AvgIpc) is 3.77. The second-order valence-electron chi connectivity index (χ2n) is 16.7. The van der Waals surface area contributed by atoms with Gasteiger partial charge >= 0.3 is 6.36 Å². The molecule has 1 aromatic heterocycles. The Morgan fingerprint density at radius 3 is 2.36 bits per heavy atom. The Balaban J connectivity index is 1.28. The molecule has 1 fully saturated rings. The average molecular weight is 856 g/mol. The number of carbonyl (C=O) groups excluding carboxylic acids is 2. The molecule has 1 heterocycles. The maximum atomic E-state index is 14.7. The fraction of sp³-hybridized carbons (Fsp3) is 0.388. The number of ether oxygens (including phenoxy) is 3. The molecule has 1 saturated carbocycles. The summed E-state index contributed by atoms with van der Waals surface area (Å²) < 4.78 is 55.1. The molecule has 3 aliphatic carbocycles. The van der Waals surface area contributed by atoms with Crippen LogP contribution in [0.1, 0.15) is 95.8 Å². The van der Waals surface area contributed by atoms with E-state index in [1.165, 1.54) is 49.8 Å². The van der Waals surface area contributed by atoms with Crippen LogP contribution in [-0.4, -0.2) is 65.6 Å². The number of ketones is 1. The quantitative estimate of drug-likeness (QED) is 0.101. The van der Waals surface area contributed by atoms with Gasteiger partial charge < -0.3 is 29.3 Å². The second-order valence-corrected chi connectivity index (χ2v) is 17.8. The second kappa shape index (κ2) is 18.0. The van der Waals surface area contributed by atoms with Crippen LogP contribution in [0.4, 0.5) is 13.2 Å². The molecular formula is C49H52F3NO7S. The molecule has 8 rings (SSSR count). The molecule has 0 spiro atoms. The first-order valence-electron chi connectivity index (χ1n) is 20.6. The van der Waals surface area contributed by atoms with E-state index in [2.05, 4.69) is 24.7 Å². The number of hydrogen-bond acceptors (Lipinski definition) is 8. The van der Waals surface area contributed by atoms with Crippen LogP contribution in [0.3, 0.4) is 0 Å². The van der Waals surface area contributed by atoms with Gasteiger partial charge in [0.2, 0.25) is 11.7 Å². The predicted molar refractivity (Wildman–Crippen MR) is 230 cm³/mol. The normalized spacial score (nSPS) is 22.0. The molecule has 2 N–H and O–H groups in total. The number of benzene rings is 4. The first-order chi connectivity index (χ1) is 29.1. The SMILES string of the molecule is COc1ccc(CC(=O)N(Cc2ccc(OC(F)(F)F)cc2)CC2(O)CCC3c4ccc(cc4C(=O)c4cc5ccccc5s4)CC(O)CCC(C)=CCCC32C)cc1OC. The van der Waals surface area contributed by atoms with Crippen molar-refractivity contribution in [2.75, 3.05) is 20.8 Å². The lowest BCUT2D eigenvalue weighted by atomic mass is 9.64. The topological polar surface area (TPSA) is 106 Å². The number of halogens is 3. The minimum Gasteiger partial charge on any atom is -0.493 e. The molecule has 0 radical (unpaired) electrons. The van der Waals surface area contributed by atoms with Crippen LogP contribution >= 0.6 is 11.3 Å². The monoisotopic (exact) mass is 855 g/mol. The minimum absolute atomic E-state index is 0.00713. The molecule has 2 bridgehead atoms. The highest BCUT2D eigenvalue weighted by Crippen LogP contribution is 2.59. The fourth-order valence-corrected chi connectivity index (χ4v) is 10.3. The van der Waals surface area contributed by atoms with Crippen molar-refractivity contribution < 1.29 is 47.2 Å². The van der Waals surface area contributed by atoms with Crippen molar-refractivity contribution in [2.24, 2.45) is 5.41 Å². The number of aliphatic hydroxyl groups excluding tert-OH is 1. The number of hydrogen-bond donors (Lipinski definition) is 2. The zero-order valence-corrected chi connectivity index (χ0v) is 35.7. The summed E-state index contributed by atoms with van der Waals surface area (Å²) in [6.07, 6.45) is 0.347. The van der Waals surface area contributed by atoms with Crippen molar-refractivity contribution in [3.8, 4) is 17.2 Å². The van der Waals surface area contributed by atoms with E-state index in [1.54, 1.807) is 23.1 Å². The highest BCUT2D eigenvalue weighted by Gasteiger charge is 2.57. The van der Waals surface area contributed by atoms with E-state index in [-0.39, 0.29) is 42.9 Å². The molecule has 4 aromatic carbocycles. The van der Waals surface area contributed by atoms with Crippen molar-refractivity contribution in [3.05, 3.63) is 135 Å². The summed E-state index contributed by atoms with van der Waals surface area (Å²) in [7, 11) is 3.03. The summed E-state index contributed by atoms with van der Waals surface area (Å²) in [5.41, 5.74) is 2.26. The summed E-state index contributed by atoms with van der Waals surface area (Å²) >= 11 is 1.44. The molecule has 3 aliphatic rings. The molecule has 4 unspecified atom stereocenters. The molecule has 1 amide bonds. The van der Waals surface area contributed by atoms with E-state index in [1.807, 2.05) is 48.5 Å². The predicted octanol–water partition coefficient (Wildman–Crippen LogP) is 10.4. The van der Waals surface area contributed by atoms with E-state index >= 15 is 0 Å². The standard InChI is InChI=1S/C49H52F3NO7S/c1-31-8-7-22-47(2)40(38-19-14-33(24-36(54)16-11-31)25-39(38)46(56)44-28-35-9-5-6-10-43(35)61-44)21-23-48(47,57)30-53(29-32-12-17-37(18-13-32)60-49(50,51)52)45(55)27-34-15-20-41(58-3)42(26-34)59-4/h5-6,8-10,12-15,17-20,25-26,28,36,40,54,57H,7,11,16,21-24,27,29-30H2,1-4H3. The van der Waals surface area contributed by atoms with Gasteiger partial charge in [0, 0.05) is 22.2 Å². The number of methoxy groups -OCH3 is 2. The van der Waals surface area contributed by atoms with E-state index < -0.39 is 23.5 Å². The molecule has 4 atom stereocenters. The number of allylic oxidation sites excluding steroid dienone is 2. The third-order valence-electron chi connectivity index (χ3n) is 12.7. The maximum absolute atomic E-state index is 14.7.